The van der Waals surface area contributed by atoms with Crippen molar-refractivity contribution in [1.29, 1.82) is 0 Å². The molecule has 140 valence electrons. The number of aromatic nitrogens is 2. The first kappa shape index (κ1) is 18.2. The second kappa shape index (κ2) is 9.80. The van der Waals surface area contributed by atoms with Gasteiger partial charge in [-0.15, -0.1) is 0 Å². The zero-order valence-electron chi connectivity index (χ0n) is 15.2. The minimum atomic E-state index is -0.0860. The third-order valence-corrected chi connectivity index (χ3v) is 5.36. The molecule has 1 aromatic heterocycles. The van der Waals surface area contributed by atoms with Crippen molar-refractivity contribution < 1.29 is 9.53 Å². The van der Waals surface area contributed by atoms with E-state index in [4.69, 9.17) is 4.74 Å². The van der Waals surface area contributed by atoms with Crippen LogP contribution in [0.3, 0.4) is 0 Å². The molecule has 2 aliphatic carbocycles. The van der Waals surface area contributed by atoms with Gasteiger partial charge in [-0.3, -0.25) is 5.10 Å². The van der Waals surface area contributed by atoms with Gasteiger partial charge in [-0.1, -0.05) is 25.7 Å². The van der Waals surface area contributed by atoms with E-state index < -0.39 is 0 Å². The molecular formula is C19H32N4O2. The normalized spacial score (nSPS) is 21.4. The highest BCUT2D eigenvalue weighted by molar-refractivity contribution is 5.74. The van der Waals surface area contributed by atoms with Gasteiger partial charge >= 0.3 is 6.03 Å². The van der Waals surface area contributed by atoms with Gasteiger partial charge in [-0.05, 0) is 50.5 Å². The first-order chi connectivity index (χ1) is 12.3. The van der Waals surface area contributed by atoms with Crippen molar-refractivity contribution in [1.82, 2.24) is 20.8 Å². The number of nitrogens with zero attached hydrogens (tertiary/aromatic N) is 1. The molecule has 6 heteroatoms. The van der Waals surface area contributed by atoms with Gasteiger partial charge in [0.1, 0.15) is 0 Å². The van der Waals surface area contributed by atoms with Gasteiger partial charge in [0, 0.05) is 13.2 Å². The number of ether oxygens (including phenoxy) is 1. The number of unbranched alkanes of at least 4 members (excludes halogenated alkanes) is 1. The molecule has 0 bridgehead atoms. The summed E-state index contributed by atoms with van der Waals surface area (Å²) >= 11 is 0. The van der Waals surface area contributed by atoms with E-state index in [-0.39, 0.29) is 12.1 Å². The Bertz CT molecular complexity index is 523. The summed E-state index contributed by atoms with van der Waals surface area (Å²) in [6, 6.07) is -0.0260. The molecule has 2 amide bonds. The van der Waals surface area contributed by atoms with Gasteiger partial charge in [0.15, 0.2) is 0 Å². The minimum Gasteiger partial charge on any atom is -0.378 e. The second-order valence-electron chi connectivity index (χ2n) is 7.35. The molecule has 1 aromatic rings. The lowest BCUT2D eigenvalue weighted by Crippen LogP contribution is -2.39. The molecule has 0 aromatic carbocycles. The SMILES string of the molecule is O=C(NCCCCOC1CCCCCC1)N[C@H]1CCCc2cn[nH]c21. The number of hydrogen-bond donors (Lipinski definition) is 3. The topological polar surface area (TPSA) is 79.0 Å². The smallest absolute Gasteiger partial charge is 0.315 e. The zero-order chi connectivity index (χ0) is 17.3. The standard InChI is InChI=1S/C19H32N4O2/c24-19(22-17-11-7-8-15-14-21-23-18(15)17)20-12-5-6-13-25-16-9-3-1-2-4-10-16/h14,16-17H,1-13H2,(H,21,23)(H2,20,22,24)/t17-/m0/s1. The number of urea groups is 1. The number of nitrogens with one attached hydrogen (secondary N) is 3. The Balaban J connectivity index is 1.25. The van der Waals surface area contributed by atoms with Crippen LogP contribution in [-0.2, 0) is 11.2 Å². The Labute approximate surface area is 150 Å². The van der Waals surface area contributed by atoms with Gasteiger partial charge in [0.2, 0.25) is 0 Å². The third-order valence-electron chi connectivity index (χ3n) is 5.36. The van der Waals surface area contributed by atoms with Crippen LogP contribution in [-0.4, -0.2) is 35.5 Å². The van der Waals surface area contributed by atoms with E-state index in [0.29, 0.717) is 12.6 Å². The monoisotopic (exact) mass is 348 g/mol. The summed E-state index contributed by atoms with van der Waals surface area (Å²) < 4.78 is 5.98. The molecule has 1 atom stereocenters. The van der Waals surface area contributed by atoms with Crippen molar-refractivity contribution in [2.24, 2.45) is 0 Å². The molecule has 0 saturated heterocycles. The average molecular weight is 348 g/mol. The number of carbonyl (C=O) groups is 1. The number of rotatable bonds is 7. The summed E-state index contributed by atoms with van der Waals surface area (Å²) in [6.07, 6.45) is 15.2. The van der Waals surface area contributed by atoms with Gasteiger partial charge in [0.25, 0.3) is 0 Å². The predicted octanol–water partition coefficient (Wildman–Crippen LogP) is 3.61. The maximum absolute atomic E-state index is 12.1. The molecule has 0 unspecified atom stereocenters. The van der Waals surface area contributed by atoms with Crippen LogP contribution >= 0.6 is 0 Å². The lowest BCUT2D eigenvalue weighted by atomic mass is 9.94. The molecule has 0 radical (unpaired) electrons. The van der Waals surface area contributed by atoms with Crippen LogP contribution in [0, 0.1) is 0 Å². The van der Waals surface area contributed by atoms with Gasteiger partial charge in [0.05, 0.1) is 24.0 Å². The van der Waals surface area contributed by atoms with E-state index >= 15 is 0 Å². The van der Waals surface area contributed by atoms with Crippen LogP contribution in [0.2, 0.25) is 0 Å². The quantitative estimate of drug-likeness (QED) is 0.520. The number of fused-ring (bicyclic) bond motifs is 1. The van der Waals surface area contributed by atoms with Crippen LogP contribution < -0.4 is 10.6 Å². The van der Waals surface area contributed by atoms with Crippen molar-refractivity contribution in [3.05, 3.63) is 17.5 Å². The highest BCUT2D eigenvalue weighted by atomic mass is 16.5. The lowest BCUT2D eigenvalue weighted by molar-refractivity contribution is 0.0411. The average Bonchev–Trinajstić information content (AvgIpc) is 2.95. The maximum Gasteiger partial charge on any atom is 0.315 e. The summed E-state index contributed by atoms with van der Waals surface area (Å²) in [5.74, 6) is 0. The summed E-state index contributed by atoms with van der Waals surface area (Å²) in [5, 5.41) is 13.1. The number of carbonyl (C=O) groups excluding carboxylic acids is 1. The molecule has 1 fully saturated rings. The molecule has 3 rings (SSSR count). The molecule has 0 spiro atoms. The van der Waals surface area contributed by atoms with Gasteiger partial charge in [-0.2, -0.15) is 5.10 Å². The van der Waals surface area contributed by atoms with E-state index in [1.54, 1.807) is 0 Å². The third kappa shape index (κ3) is 5.73. The highest BCUT2D eigenvalue weighted by Gasteiger charge is 2.23. The summed E-state index contributed by atoms with van der Waals surface area (Å²) in [6.45, 7) is 1.51. The summed E-state index contributed by atoms with van der Waals surface area (Å²) in [5.41, 5.74) is 2.30. The number of hydrogen-bond acceptors (Lipinski definition) is 3. The molecule has 1 saturated carbocycles. The van der Waals surface area contributed by atoms with Gasteiger partial charge in [-0.25, -0.2) is 4.79 Å². The number of H-pyrrole nitrogens is 1. The predicted molar refractivity (Wildman–Crippen MR) is 97.5 cm³/mol. The molecule has 3 N–H and O–H groups in total. The van der Waals surface area contributed by atoms with Crippen molar-refractivity contribution >= 4 is 6.03 Å². The van der Waals surface area contributed by atoms with E-state index in [1.807, 2.05) is 6.20 Å². The molecule has 6 nitrogen and oxygen atoms in total. The Hall–Kier alpha value is -1.56. The summed E-state index contributed by atoms with van der Waals surface area (Å²) in [7, 11) is 0. The largest absolute Gasteiger partial charge is 0.378 e. The Morgan fingerprint density at radius 2 is 2.00 bits per heavy atom. The fourth-order valence-electron chi connectivity index (χ4n) is 3.90. The lowest BCUT2D eigenvalue weighted by Gasteiger charge is -2.23. The minimum absolute atomic E-state index is 0.0600. The van der Waals surface area contributed by atoms with Crippen LogP contribution in [0.25, 0.3) is 0 Å². The molecular weight excluding hydrogens is 316 g/mol. The van der Waals surface area contributed by atoms with Crippen molar-refractivity contribution in [2.75, 3.05) is 13.2 Å². The Morgan fingerprint density at radius 3 is 2.84 bits per heavy atom. The Morgan fingerprint density at radius 1 is 1.16 bits per heavy atom. The number of aromatic amines is 1. The van der Waals surface area contributed by atoms with Gasteiger partial charge < -0.3 is 15.4 Å². The van der Waals surface area contributed by atoms with Crippen molar-refractivity contribution in [3.63, 3.8) is 0 Å². The van der Waals surface area contributed by atoms with Crippen molar-refractivity contribution in [2.45, 2.75) is 82.8 Å². The van der Waals surface area contributed by atoms with Crippen LogP contribution in [0.4, 0.5) is 4.79 Å². The molecule has 25 heavy (non-hydrogen) atoms. The molecule has 2 aliphatic rings. The van der Waals surface area contributed by atoms with Crippen LogP contribution in [0.1, 0.15) is 81.5 Å². The fraction of sp³-hybridized carbons (Fsp3) is 0.789. The fourth-order valence-corrected chi connectivity index (χ4v) is 3.90. The zero-order valence-corrected chi connectivity index (χ0v) is 15.2. The first-order valence-electron chi connectivity index (χ1n) is 10.0. The van der Waals surface area contributed by atoms with Crippen LogP contribution in [0.5, 0.6) is 0 Å². The number of aryl methyl sites for hydroxylation is 1. The van der Waals surface area contributed by atoms with E-state index in [0.717, 1.165) is 44.4 Å². The number of amides is 2. The second-order valence-corrected chi connectivity index (χ2v) is 7.35. The molecule has 0 aliphatic heterocycles. The van der Waals surface area contributed by atoms with Crippen molar-refractivity contribution in [3.8, 4) is 0 Å². The highest BCUT2D eigenvalue weighted by Crippen LogP contribution is 2.27. The Kier molecular flexibility index (Phi) is 7.15. The maximum atomic E-state index is 12.1. The first-order valence-corrected chi connectivity index (χ1v) is 10.0. The van der Waals surface area contributed by atoms with Crippen LogP contribution in [0.15, 0.2) is 6.20 Å². The van der Waals surface area contributed by atoms with E-state index in [2.05, 4.69) is 20.8 Å². The summed E-state index contributed by atoms with van der Waals surface area (Å²) in [4.78, 5) is 12.1. The molecule has 1 heterocycles. The van der Waals surface area contributed by atoms with E-state index in [9.17, 15) is 4.79 Å². The van der Waals surface area contributed by atoms with E-state index in [1.165, 1.54) is 44.1 Å².